The van der Waals surface area contributed by atoms with Gasteiger partial charge in [0.1, 0.15) is 37.5 Å². The molecule has 15 heteroatoms. The zero-order valence-corrected chi connectivity index (χ0v) is 23.3. The van der Waals surface area contributed by atoms with E-state index in [-0.39, 0.29) is 44.3 Å². The van der Waals surface area contributed by atoms with Crippen LogP contribution in [0.1, 0.15) is 32.1 Å². The summed E-state index contributed by atoms with van der Waals surface area (Å²) in [5.74, 6) is -0.488. The van der Waals surface area contributed by atoms with Gasteiger partial charge in [0.15, 0.2) is 12.5 Å². The smallest absolute Gasteiger partial charge is 0.458 e. The SMILES string of the molecule is CC(=O)Oc1ccc(COC(=O)OC[C@H]2OC[C@@H](n3ccc(NC(=O)OCC4=CCC(OC(C)=O)C=C4)nc3=O)O2)cc1. The lowest BCUT2D eigenvalue weighted by Gasteiger charge is -2.16. The number of amides is 1. The number of esters is 2. The van der Waals surface area contributed by atoms with Gasteiger partial charge in [0.25, 0.3) is 0 Å². The van der Waals surface area contributed by atoms with E-state index >= 15 is 0 Å². The van der Waals surface area contributed by atoms with E-state index in [1.54, 1.807) is 42.5 Å². The first-order chi connectivity index (χ1) is 20.6. The van der Waals surface area contributed by atoms with Crippen molar-refractivity contribution in [3.05, 3.63) is 76.4 Å². The molecular formula is C28H29N3O12. The van der Waals surface area contributed by atoms with Crippen molar-refractivity contribution >= 4 is 30.0 Å². The maximum Gasteiger partial charge on any atom is 0.508 e. The monoisotopic (exact) mass is 599 g/mol. The average molecular weight is 600 g/mol. The molecule has 228 valence electrons. The Morgan fingerprint density at radius 1 is 1.02 bits per heavy atom. The van der Waals surface area contributed by atoms with Gasteiger partial charge in [-0.25, -0.2) is 14.4 Å². The third-order valence-electron chi connectivity index (χ3n) is 5.81. The van der Waals surface area contributed by atoms with E-state index in [9.17, 15) is 24.0 Å². The zero-order valence-electron chi connectivity index (χ0n) is 23.3. The minimum Gasteiger partial charge on any atom is -0.458 e. The number of aromatic nitrogens is 2. The number of anilines is 1. The molecule has 15 nitrogen and oxygen atoms in total. The topological polar surface area (TPSA) is 180 Å². The number of hydrogen-bond acceptors (Lipinski definition) is 13. The summed E-state index contributed by atoms with van der Waals surface area (Å²) in [4.78, 5) is 62.4. The molecule has 0 saturated carbocycles. The van der Waals surface area contributed by atoms with Gasteiger partial charge in [-0.15, -0.1) is 0 Å². The molecule has 1 aliphatic carbocycles. The molecule has 43 heavy (non-hydrogen) atoms. The van der Waals surface area contributed by atoms with E-state index in [1.165, 1.54) is 26.1 Å². The number of ether oxygens (including phenoxy) is 7. The van der Waals surface area contributed by atoms with E-state index in [1.807, 2.05) is 0 Å². The van der Waals surface area contributed by atoms with Crippen LogP contribution in [0.3, 0.4) is 0 Å². The molecule has 3 atom stereocenters. The second-order valence-electron chi connectivity index (χ2n) is 9.17. The van der Waals surface area contributed by atoms with Gasteiger partial charge in [-0.3, -0.25) is 19.5 Å². The quantitative estimate of drug-likeness (QED) is 0.239. The summed E-state index contributed by atoms with van der Waals surface area (Å²) in [5, 5.41) is 2.38. The Morgan fingerprint density at radius 3 is 2.49 bits per heavy atom. The Bertz CT molecular complexity index is 1450. The largest absolute Gasteiger partial charge is 0.508 e. The van der Waals surface area contributed by atoms with Crippen molar-refractivity contribution in [3.8, 4) is 5.75 Å². The molecule has 2 aromatic rings. The number of nitrogens with zero attached hydrogens (tertiary/aromatic N) is 2. The summed E-state index contributed by atoms with van der Waals surface area (Å²) in [6, 6.07) is 7.78. The number of benzene rings is 1. The highest BCUT2D eigenvalue weighted by Crippen LogP contribution is 2.20. The van der Waals surface area contributed by atoms with Crippen molar-refractivity contribution in [2.45, 2.75) is 45.5 Å². The molecule has 2 heterocycles. The van der Waals surface area contributed by atoms with Crippen molar-refractivity contribution in [1.29, 1.82) is 0 Å². The summed E-state index contributed by atoms with van der Waals surface area (Å²) >= 11 is 0. The number of carbonyl (C=O) groups is 4. The third kappa shape index (κ3) is 9.79. The summed E-state index contributed by atoms with van der Waals surface area (Å²) in [6.45, 7) is 2.21. The molecule has 1 N–H and O–H groups in total. The average Bonchev–Trinajstić information content (AvgIpc) is 3.43. The van der Waals surface area contributed by atoms with Crippen LogP contribution in [0.2, 0.25) is 0 Å². The van der Waals surface area contributed by atoms with Crippen molar-refractivity contribution in [1.82, 2.24) is 9.55 Å². The summed E-state index contributed by atoms with van der Waals surface area (Å²) < 4.78 is 37.4. The molecule has 1 fully saturated rings. The van der Waals surface area contributed by atoms with Crippen LogP contribution < -0.4 is 15.7 Å². The highest BCUT2D eigenvalue weighted by Gasteiger charge is 2.29. The lowest BCUT2D eigenvalue weighted by molar-refractivity contribution is -0.144. The van der Waals surface area contributed by atoms with E-state index < -0.39 is 36.4 Å². The van der Waals surface area contributed by atoms with Crippen molar-refractivity contribution in [3.63, 3.8) is 0 Å². The fourth-order valence-corrected chi connectivity index (χ4v) is 3.86. The van der Waals surface area contributed by atoms with Gasteiger partial charge < -0.3 is 33.2 Å². The number of carbonyl (C=O) groups excluding carboxylic acids is 4. The van der Waals surface area contributed by atoms with Crippen LogP contribution in [-0.2, 0) is 44.6 Å². The Labute approximate surface area is 244 Å². The van der Waals surface area contributed by atoms with Crippen molar-refractivity contribution in [2.75, 3.05) is 25.1 Å². The summed E-state index contributed by atoms with van der Waals surface area (Å²) in [6.07, 6.45) is 3.11. The molecule has 4 rings (SSSR count). The minimum absolute atomic E-state index is 0.0187. The molecule has 1 aliphatic heterocycles. The van der Waals surface area contributed by atoms with Crippen LogP contribution in [-0.4, -0.2) is 66.0 Å². The second-order valence-corrected chi connectivity index (χ2v) is 9.17. The Morgan fingerprint density at radius 2 is 1.81 bits per heavy atom. The van der Waals surface area contributed by atoms with Crippen LogP contribution in [0.5, 0.6) is 5.75 Å². The highest BCUT2D eigenvalue weighted by molar-refractivity contribution is 5.83. The van der Waals surface area contributed by atoms with E-state index in [4.69, 9.17) is 33.2 Å². The second kappa shape index (κ2) is 14.7. The van der Waals surface area contributed by atoms with E-state index in [2.05, 4.69) is 10.3 Å². The molecule has 0 radical (unpaired) electrons. The van der Waals surface area contributed by atoms with Gasteiger partial charge in [-0.1, -0.05) is 24.3 Å². The predicted octanol–water partition coefficient (Wildman–Crippen LogP) is 2.76. The molecular weight excluding hydrogens is 570 g/mol. The Kier molecular flexibility index (Phi) is 10.6. The molecule has 1 aromatic carbocycles. The van der Waals surface area contributed by atoms with Crippen LogP contribution in [0.15, 0.2) is 65.1 Å². The maximum atomic E-state index is 12.5. The zero-order chi connectivity index (χ0) is 30.8. The van der Waals surface area contributed by atoms with Crippen LogP contribution >= 0.6 is 0 Å². The molecule has 1 amide bonds. The van der Waals surface area contributed by atoms with Crippen LogP contribution in [0, 0.1) is 0 Å². The first kappa shape index (κ1) is 30.9. The van der Waals surface area contributed by atoms with Crippen LogP contribution in [0.25, 0.3) is 0 Å². The number of nitrogens with one attached hydrogen (secondary N) is 1. The van der Waals surface area contributed by atoms with Gasteiger partial charge in [-0.05, 0) is 35.4 Å². The molecule has 1 aromatic heterocycles. The number of rotatable bonds is 10. The molecule has 0 spiro atoms. The van der Waals surface area contributed by atoms with E-state index in [0.717, 1.165) is 10.1 Å². The Hall–Kier alpha value is -5.02. The lowest BCUT2D eigenvalue weighted by Crippen LogP contribution is -2.30. The van der Waals surface area contributed by atoms with Gasteiger partial charge in [-0.2, -0.15) is 4.98 Å². The van der Waals surface area contributed by atoms with Crippen molar-refractivity contribution < 1.29 is 52.3 Å². The minimum atomic E-state index is -0.956. The van der Waals surface area contributed by atoms with E-state index in [0.29, 0.717) is 17.7 Å². The van der Waals surface area contributed by atoms with Crippen molar-refractivity contribution in [2.24, 2.45) is 0 Å². The normalized spacial score (nSPS) is 19.1. The first-order valence-electron chi connectivity index (χ1n) is 13.1. The van der Waals surface area contributed by atoms with Gasteiger partial charge in [0.2, 0.25) is 0 Å². The fraction of sp³-hybridized carbons (Fsp3) is 0.357. The Balaban J connectivity index is 1.16. The molecule has 1 saturated heterocycles. The molecule has 1 unspecified atom stereocenters. The molecule has 0 bridgehead atoms. The third-order valence-corrected chi connectivity index (χ3v) is 5.81. The lowest BCUT2D eigenvalue weighted by atomic mass is 10.1. The molecule has 2 aliphatic rings. The summed E-state index contributed by atoms with van der Waals surface area (Å²) in [5.41, 5.74) is 0.648. The van der Waals surface area contributed by atoms with Gasteiger partial charge in [0, 0.05) is 26.5 Å². The maximum absolute atomic E-state index is 12.5. The first-order valence-corrected chi connectivity index (χ1v) is 13.1. The van der Waals surface area contributed by atoms with Crippen LogP contribution in [0.4, 0.5) is 15.4 Å². The standard InChI is InChI=1S/C28H29N3O12/c1-17(32)41-21-7-3-19(4-8-21)13-38-27(35)30-23-11-12-31(26(34)29-23)24-15-37-25(43-24)16-40-28(36)39-14-20-5-9-22(10-6-20)42-18(2)33/h3-7,9-12,21,24-25H,8,13-16H2,1-2H3,(H,29,30,34,35)/t21?,24-,25-/m0/s1. The summed E-state index contributed by atoms with van der Waals surface area (Å²) in [7, 11) is 0. The fourth-order valence-electron chi connectivity index (χ4n) is 3.86. The predicted molar refractivity (Wildman–Crippen MR) is 145 cm³/mol. The van der Waals surface area contributed by atoms with Gasteiger partial charge in [0.05, 0.1) is 6.61 Å². The number of hydrogen-bond donors (Lipinski definition) is 1. The highest BCUT2D eigenvalue weighted by atomic mass is 16.8. The van der Waals surface area contributed by atoms with Gasteiger partial charge >= 0.3 is 29.9 Å².